The van der Waals surface area contributed by atoms with E-state index < -0.39 is 0 Å². The Bertz CT molecular complexity index is 862. The molecule has 1 fully saturated rings. The number of aromatic nitrogens is 1. The van der Waals surface area contributed by atoms with Crippen molar-refractivity contribution in [2.75, 3.05) is 25.6 Å². The van der Waals surface area contributed by atoms with Gasteiger partial charge >= 0.3 is 0 Å². The quantitative estimate of drug-likeness (QED) is 0.757. The van der Waals surface area contributed by atoms with E-state index in [1.165, 1.54) is 12.0 Å². The molecule has 0 aliphatic carbocycles. The molecule has 2 aromatic carbocycles. The van der Waals surface area contributed by atoms with Gasteiger partial charge in [0.15, 0.2) is 11.4 Å². The van der Waals surface area contributed by atoms with Crippen LogP contribution in [-0.2, 0) is 6.42 Å². The van der Waals surface area contributed by atoms with Crippen molar-refractivity contribution in [1.82, 2.24) is 10.5 Å². The smallest absolute Gasteiger partial charge is 0.180 e. The van der Waals surface area contributed by atoms with E-state index in [0.29, 0.717) is 5.92 Å². The molecule has 0 amide bonds. The van der Waals surface area contributed by atoms with Crippen molar-refractivity contribution in [3.8, 4) is 5.75 Å². The monoisotopic (exact) mass is 351 g/mol. The third-order valence-corrected chi connectivity index (χ3v) is 5.32. The van der Waals surface area contributed by atoms with Gasteiger partial charge in [-0.05, 0) is 49.4 Å². The third kappa shape index (κ3) is 3.40. The van der Waals surface area contributed by atoms with Crippen molar-refractivity contribution in [2.45, 2.75) is 25.4 Å². The van der Waals surface area contributed by atoms with Crippen molar-refractivity contribution < 1.29 is 9.26 Å². The minimum Gasteiger partial charge on any atom is -0.497 e. The summed E-state index contributed by atoms with van der Waals surface area (Å²) in [7, 11) is 3.74. The number of ether oxygens (including phenoxy) is 1. The molecule has 3 aromatic rings. The number of fused-ring (bicyclic) bond motifs is 1. The first-order valence-electron chi connectivity index (χ1n) is 9.18. The van der Waals surface area contributed by atoms with E-state index in [1.807, 2.05) is 18.2 Å². The van der Waals surface area contributed by atoms with Gasteiger partial charge in [-0.3, -0.25) is 5.32 Å². The first-order chi connectivity index (χ1) is 12.7. The average molecular weight is 351 g/mol. The van der Waals surface area contributed by atoms with Gasteiger partial charge in [0.05, 0.1) is 18.7 Å². The lowest BCUT2D eigenvalue weighted by Crippen LogP contribution is -2.49. The Morgan fingerprint density at radius 2 is 2.08 bits per heavy atom. The lowest BCUT2D eigenvalue weighted by molar-refractivity contribution is 0.296. The highest BCUT2D eigenvalue weighted by Crippen LogP contribution is 2.31. The largest absolute Gasteiger partial charge is 0.497 e. The molecular formula is C21H25N3O2. The van der Waals surface area contributed by atoms with Crippen LogP contribution in [-0.4, -0.2) is 32.0 Å². The van der Waals surface area contributed by atoms with Crippen LogP contribution in [0.1, 0.15) is 18.4 Å². The summed E-state index contributed by atoms with van der Waals surface area (Å²) in [5.74, 6) is 2.33. The Kier molecular flexibility index (Phi) is 4.80. The third-order valence-electron chi connectivity index (χ3n) is 5.32. The maximum atomic E-state index is 5.53. The summed E-state index contributed by atoms with van der Waals surface area (Å²) in [6.07, 6.45) is 3.68. The standard InChI is InChI=1S/C21H25N3O2/c1-24(21-18-9-8-17(25-2)14-19(18)26-23-21)20-13-16(10-11-22-20)12-15-6-4-3-5-7-15/h3-9,14,16,20,22H,10-13H2,1-2H3. The predicted molar refractivity (Wildman–Crippen MR) is 104 cm³/mol. The lowest BCUT2D eigenvalue weighted by Gasteiger charge is -2.36. The van der Waals surface area contributed by atoms with E-state index in [-0.39, 0.29) is 6.17 Å². The van der Waals surface area contributed by atoms with E-state index in [0.717, 1.165) is 41.9 Å². The van der Waals surface area contributed by atoms with E-state index in [4.69, 9.17) is 9.26 Å². The Balaban J connectivity index is 1.50. The summed E-state index contributed by atoms with van der Waals surface area (Å²) >= 11 is 0. The van der Waals surface area contributed by atoms with E-state index in [1.54, 1.807) is 7.11 Å². The second-order valence-electron chi connectivity index (χ2n) is 7.03. The summed E-state index contributed by atoms with van der Waals surface area (Å²) in [6.45, 7) is 1.02. The number of piperidine rings is 1. The highest BCUT2D eigenvalue weighted by molar-refractivity contribution is 5.89. The van der Waals surface area contributed by atoms with Gasteiger partial charge in [-0.1, -0.05) is 35.5 Å². The molecule has 0 saturated carbocycles. The van der Waals surface area contributed by atoms with Crippen molar-refractivity contribution in [3.05, 3.63) is 54.1 Å². The zero-order chi connectivity index (χ0) is 17.9. The van der Waals surface area contributed by atoms with Crippen LogP contribution in [0.2, 0.25) is 0 Å². The van der Waals surface area contributed by atoms with Crippen LogP contribution in [0, 0.1) is 5.92 Å². The number of hydrogen-bond donors (Lipinski definition) is 1. The Labute approximate surface area is 153 Å². The minimum atomic E-state index is 0.257. The van der Waals surface area contributed by atoms with Crippen molar-refractivity contribution in [1.29, 1.82) is 0 Å². The fourth-order valence-corrected chi connectivity index (χ4v) is 3.83. The van der Waals surface area contributed by atoms with Crippen LogP contribution in [0.5, 0.6) is 5.75 Å². The summed E-state index contributed by atoms with van der Waals surface area (Å²) < 4.78 is 10.8. The number of nitrogens with zero attached hydrogens (tertiary/aromatic N) is 2. The SMILES string of the molecule is COc1ccc2c(N(C)C3CC(Cc4ccccc4)CCN3)noc2c1. The molecule has 1 aliphatic rings. The van der Waals surface area contributed by atoms with Gasteiger partial charge in [0.1, 0.15) is 5.75 Å². The highest BCUT2D eigenvalue weighted by Gasteiger charge is 2.27. The van der Waals surface area contributed by atoms with Gasteiger partial charge in [0.25, 0.3) is 0 Å². The van der Waals surface area contributed by atoms with E-state index in [2.05, 4.69) is 52.8 Å². The van der Waals surface area contributed by atoms with Crippen LogP contribution in [0.15, 0.2) is 53.1 Å². The second-order valence-corrected chi connectivity index (χ2v) is 7.03. The zero-order valence-electron chi connectivity index (χ0n) is 15.3. The van der Waals surface area contributed by atoms with Gasteiger partial charge in [-0.15, -0.1) is 0 Å². The number of hydrogen-bond acceptors (Lipinski definition) is 5. The van der Waals surface area contributed by atoms with E-state index in [9.17, 15) is 0 Å². The molecule has 2 atom stereocenters. The molecular weight excluding hydrogens is 326 g/mol. The van der Waals surface area contributed by atoms with Gasteiger partial charge in [-0.25, -0.2) is 0 Å². The fraction of sp³-hybridized carbons (Fsp3) is 0.381. The van der Waals surface area contributed by atoms with E-state index >= 15 is 0 Å². The molecule has 0 spiro atoms. The number of methoxy groups -OCH3 is 1. The summed E-state index contributed by atoms with van der Waals surface area (Å²) in [4.78, 5) is 2.20. The van der Waals surface area contributed by atoms with Crippen molar-refractivity contribution in [3.63, 3.8) is 0 Å². The molecule has 136 valence electrons. The van der Waals surface area contributed by atoms with Crippen LogP contribution in [0.4, 0.5) is 5.82 Å². The normalized spacial score (nSPS) is 20.2. The van der Waals surface area contributed by atoms with Crippen LogP contribution < -0.4 is 15.0 Å². The topological polar surface area (TPSA) is 50.5 Å². The molecule has 2 unspecified atom stereocenters. The Morgan fingerprint density at radius 1 is 1.23 bits per heavy atom. The van der Waals surface area contributed by atoms with Crippen molar-refractivity contribution in [2.24, 2.45) is 5.92 Å². The molecule has 0 radical (unpaired) electrons. The van der Waals surface area contributed by atoms with Crippen LogP contribution >= 0.6 is 0 Å². The lowest BCUT2D eigenvalue weighted by atomic mass is 9.89. The molecule has 5 nitrogen and oxygen atoms in total. The molecule has 1 N–H and O–H groups in total. The molecule has 0 bridgehead atoms. The van der Waals surface area contributed by atoms with Crippen molar-refractivity contribution >= 4 is 16.8 Å². The predicted octanol–water partition coefficient (Wildman–Crippen LogP) is 3.84. The summed E-state index contributed by atoms with van der Waals surface area (Å²) in [5.41, 5.74) is 2.17. The highest BCUT2D eigenvalue weighted by atomic mass is 16.5. The summed E-state index contributed by atoms with van der Waals surface area (Å²) in [6, 6.07) is 16.6. The Hall–Kier alpha value is -2.53. The van der Waals surface area contributed by atoms with Gasteiger partial charge in [0.2, 0.25) is 0 Å². The number of anilines is 1. The Morgan fingerprint density at radius 3 is 2.88 bits per heavy atom. The second kappa shape index (κ2) is 7.38. The fourth-order valence-electron chi connectivity index (χ4n) is 3.83. The zero-order valence-corrected chi connectivity index (χ0v) is 15.3. The molecule has 26 heavy (non-hydrogen) atoms. The first kappa shape index (κ1) is 16.9. The maximum absolute atomic E-state index is 5.53. The minimum absolute atomic E-state index is 0.257. The summed E-state index contributed by atoms with van der Waals surface area (Å²) in [5, 5.41) is 8.95. The molecule has 1 saturated heterocycles. The first-order valence-corrected chi connectivity index (χ1v) is 9.18. The number of nitrogens with one attached hydrogen (secondary N) is 1. The molecule has 1 aliphatic heterocycles. The molecule has 1 aromatic heterocycles. The van der Waals surface area contributed by atoms with Crippen LogP contribution in [0.3, 0.4) is 0 Å². The molecule has 5 heteroatoms. The van der Waals surface area contributed by atoms with Gasteiger partial charge in [0, 0.05) is 13.1 Å². The van der Waals surface area contributed by atoms with Gasteiger partial charge in [-0.2, -0.15) is 0 Å². The number of rotatable bonds is 5. The number of benzene rings is 2. The average Bonchev–Trinajstić information content (AvgIpc) is 3.11. The van der Waals surface area contributed by atoms with Crippen LogP contribution in [0.25, 0.3) is 11.0 Å². The molecule has 2 heterocycles. The maximum Gasteiger partial charge on any atom is 0.180 e. The molecule has 4 rings (SSSR count). The van der Waals surface area contributed by atoms with Gasteiger partial charge < -0.3 is 14.2 Å².